The largest absolute Gasteiger partial charge is 0.365 e. The van der Waals surface area contributed by atoms with Gasteiger partial charge in [-0.15, -0.1) is 0 Å². The minimum atomic E-state index is -3.69. The summed E-state index contributed by atoms with van der Waals surface area (Å²) in [6.07, 6.45) is 1.26. The van der Waals surface area contributed by atoms with Crippen LogP contribution in [0.15, 0.2) is 18.3 Å². The van der Waals surface area contributed by atoms with E-state index in [0.29, 0.717) is 0 Å². The summed E-state index contributed by atoms with van der Waals surface area (Å²) in [4.78, 5) is 13.8. The molecule has 0 atom stereocenters. The zero-order chi connectivity index (χ0) is 10.1. The average Bonchev–Trinajstić information content (AvgIpc) is 2.04. The molecule has 1 rings (SSSR count). The zero-order valence-corrected chi connectivity index (χ0v) is 6.92. The zero-order valence-electron chi connectivity index (χ0n) is 6.92. The number of halogens is 2. The highest BCUT2D eigenvalue weighted by atomic mass is 19.3. The first-order valence-electron chi connectivity index (χ1n) is 3.55. The molecule has 70 valence electrons. The number of rotatable bonds is 2. The third-order valence-corrected chi connectivity index (χ3v) is 1.54. The number of aryl methyl sites for hydroxylation is 1. The Labute approximate surface area is 73.6 Å². The second kappa shape index (κ2) is 3.08. The second-order valence-electron chi connectivity index (χ2n) is 2.66. The van der Waals surface area contributed by atoms with Gasteiger partial charge in [0.2, 0.25) is 0 Å². The van der Waals surface area contributed by atoms with Crippen molar-refractivity contribution in [3.05, 3.63) is 29.6 Å². The van der Waals surface area contributed by atoms with Crippen LogP contribution < -0.4 is 5.73 Å². The van der Waals surface area contributed by atoms with Crippen LogP contribution >= 0.6 is 0 Å². The standard InChI is InChI=1S/C8H8F2N2O/c1-5-2-3-6(12-4-5)8(9,10)7(11)13/h2-4H,1H3,(H2,11,13). The molecule has 1 aromatic heterocycles. The van der Waals surface area contributed by atoms with Crippen LogP contribution in [0.4, 0.5) is 8.78 Å². The molecule has 0 bridgehead atoms. The van der Waals surface area contributed by atoms with Gasteiger partial charge in [-0.1, -0.05) is 6.07 Å². The van der Waals surface area contributed by atoms with E-state index in [1.807, 2.05) is 0 Å². The van der Waals surface area contributed by atoms with Crippen molar-refractivity contribution in [2.45, 2.75) is 12.8 Å². The van der Waals surface area contributed by atoms with Crippen molar-refractivity contribution in [3.63, 3.8) is 0 Å². The molecule has 1 amide bonds. The van der Waals surface area contributed by atoms with Crippen LogP contribution in [0.1, 0.15) is 11.3 Å². The maximum Gasteiger partial charge on any atom is 0.365 e. The van der Waals surface area contributed by atoms with Gasteiger partial charge in [-0.2, -0.15) is 8.78 Å². The monoisotopic (exact) mass is 186 g/mol. The topological polar surface area (TPSA) is 56.0 Å². The number of hydrogen-bond donors (Lipinski definition) is 1. The molecule has 0 aliphatic carbocycles. The Morgan fingerprint density at radius 1 is 1.54 bits per heavy atom. The van der Waals surface area contributed by atoms with Gasteiger partial charge in [-0.05, 0) is 18.6 Å². The van der Waals surface area contributed by atoms with Crippen molar-refractivity contribution in [1.29, 1.82) is 0 Å². The Morgan fingerprint density at radius 2 is 2.15 bits per heavy atom. The van der Waals surface area contributed by atoms with E-state index >= 15 is 0 Å². The molecule has 0 spiro atoms. The first-order chi connectivity index (χ1) is 5.94. The summed E-state index contributed by atoms with van der Waals surface area (Å²) >= 11 is 0. The summed E-state index contributed by atoms with van der Waals surface area (Å²) in [6, 6.07) is 2.53. The highest BCUT2D eigenvalue weighted by Gasteiger charge is 2.40. The number of carbonyl (C=O) groups excluding carboxylic acids is 1. The van der Waals surface area contributed by atoms with Gasteiger partial charge in [-0.3, -0.25) is 9.78 Å². The number of nitrogens with two attached hydrogens (primary N) is 1. The summed E-state index contributed by atoms with van der Waals surface area (Å²) in [5.41, 5.74) is 4.63. The Kier molecular flexibility index (Phi) is 2.27. The first-order valence-corrected chi connectivity index (χ1v) is 3.55. The minimum Gasteiger partial charge on any atom is -0.364 e. The molecule has 1 aromatic rings. The van der Waals surface area contributed by atoms with Gasteiger partial charge in [-0.25, -0.2) is 0 Å². The van der Waals surface area contributed by atoms with Crippen LogP contribution in [-0.2, 0) is 10.7 Å². The lowest BCUT2D eigenvalue weighted by Gasteiger charge is -2.10. The van der Waals surface area contributed by atoms with Crippen molar-refractivity contribution in [2.75, 3.05) is 0 Å². The summed E-state index contributed by atoms with van der Waals surface area (Å²) in [5.74, 6) is -5.38. The Balaban J connectivity index is 3.08. The molecule has 0 fully saturated rings. The fraction of sp³-hybridized carbons (Fsp3) is 0.250. The normalized spacial score (nSPS) is 11.3. The quantitative estimate of drug-likeness (QED) is 0.748. The lowest BCUT2D eigenvalue weighted by atomic mass is 10.2. The van der Waals surface area contributed by atoms with Gasteiger partial charge in [0.25, 0.3) is 5.91 Å². The predicted molar refractivity (Wildman–Crippen MR) is 42.1 cm³/mol. The van der Waals surface area contributed by atoms with E-state index < -0.39 is 17.5 Å². The second-order valence-corrected chi connectivity index (χ2v) is 2.66. The first kappa shape index (κ1) is 9.57. The van der Waals surface area contributed by atoms with E-state index in [1.54, 1.807) is 6.92 Å². The number of hydrogen-bond acceptors (Lipinski definition) is 2. The van der Waals surface area contributed by atoms with Crippen LogP contribution in [0.3, 0.4) is 0 Å². The lowest BCUT2D eigenvalue weighted by molar-refractivity contribution is -0.143. The van der Waals surface area contributed by atoms with Crippen LogP contribution in [0.5, 0.6) is 0 Å². The molecule has 0 aliphatic rings. The number of primary amides is 1. The predicted octanol–water partition coefficient (Wildman–Crippen LogP) is 0.967. The minimum absolute atomic E-state index is 0.620. The Bertz CT molecular complexity index is 321. The van der Waals surface area contributed by atoms with E-state index in [4.69, 9.17) is 0 Å². The van der Waals surface area contributed by atoms with Crippen molar-refractivity contribution >= 4 is 5.91 Å². The van der Waals surface area contributed by atoms with Gasteiger partial charge in [0.05, 0.1) is 0 Å². The fourth-order valence-corrected chi connectivity index (χ4v) is 0.780. The number of nitrogens with zero attached hydrogens (tertiary/aromatic N) is 1. The summed E-state index contributed by atoms with van der Waals surface area (Å²) in [5, 5.41) is 0. The maximum absolute atomic E-state index is 12.9. The molecular weight excluding hydrogens is 178 g/mol. The molecule has 13 heavy (non-hydrogen) atoms. The van der Waals surface area contributed by atoms with Gasteiger partial charge in [0, 0.05) is 6.20 Å². The molecule has 2 N–H and O–H groups in total. The highest BCUT2D eigenvalue weighted by molar-refractivity contribution is 5.82. The molecule has 3 nitrogen and oxygen atoms in total. The van der Waals surface area contributed by atoms with E-state index in [9.17, 15) is 13.6 Å². The molecule has 1 heterocycles. The number of pyridine rings is 1. The SMILES string of the molecule is Cc1ccc(C(F)(F)C(N)=O)nc1. The molecule has 5 heteroatoms. The van der Waals surface area contributed by atoms with Crippen molar-refractivity contribution in [2.24, 2.45) is 5.73 Å². The van der Waals surface area contributed by atoms with Crippen LogP contribution in [0, 0.1) is 6.92 Å². The summed E-state index contributed by atoms with van der Waals surface area (Å²) < 4.78 is 25.7. The van der Waals surface area contributed by atoms with Gasteiger partial charge in [0.1, 0.15) is 5.69 Å². The van der Waals surface area contributed by atoms with Crippen LogP contribution in [-0.4, -0.2) is 10.9 Å². The van der Waals surface area contributed by atoms with Gasteiger partial charge in [0.15, 0.2) is 0 Å². The van der Waals surface area contributed by atoms with E-state index in [-0.39, 0.29) is 0 Å². The Morgan fingerprint density at radius 3 is 2.54 bits per heavy atom. The summed E-state index contributed by atoms with van der Waals surface area (Å²) in [7, 11) is 0. The molecule has 0 saturated heterocycles. The third-order valence-electron chi connectivity index (χ3n) is 1.54. The third kappa shape index (κ3) is 1.80. The molecule has 0 saturated carbocycles. The number of carbonyl (C=O) groups is 1. The molecule has 0 aliphatic heterocycles. The average molecular weight is 186 g/mol. The lowest BCUT2D eigenvalue weighted by Crippen LogP contribution is -2.33. The molecule has 0 aromatic carbocycles. The maximum atomic E-state index is 12.9. The smallest absolute Gasteiger partial charge is 0.364 e. The van der Waals surface area contributed by atoms with Gasteiger partial charge >= 0.3 is 5.92 Å². The number of aromatic nitrogens is 1. The highest BCUT2D eigenvalue weighted by Crippen LogP contribution is 2.25. The summed E-state index contributed by atoms with van der Waals surface area (Å²) in [6.45, 7) is 1.71. The van der Waals surface area contributed by atoms with E-state index in [0.717, 1.165) is 11.6 Å². The van der Waals surface area contributed by atoms with Crippen molar-refractivity contribution in [1.82, 2.24) is 4.98 Å². The van der Waals surface area contributed by atoms with Gasteiger partial charge < -0.3 is 5.73 Å². The molecule has 0 radical (unpaired) electrons. The van der Waals surface area contributed by atoms with Crippen LogP contribution in [0.2, 0.25) is 0 Å². The van der Waals surface area contributed by atoms with E-state index in [1.165, 1.54) is 12.3 Å². The van der Waals surface area contributed by atoms with Crippen LogP contribution in [0.25, 0.3) is 0 Å². The molecule has 0 unspecified atom stereocenters. The number of alkyl halides is 2. The van der Waals surface area contributed by atoms with E-state index in [2.05, 4.69) is 10.7 Å². The van der Waals surface area contributed by atoms with Crippen molar-refractivity contribution in [3.8, 4) is 0 Å². The fourth-order valence-electron chi connectivity index (χ4n) is 0.780. The Hall–Kier alpha value is -1.52. The molecular formula is C8H8F2N2O. The number of amides is 1. The van der Waals surface area contributed by atoms with Crippen molar-refractivity contribution < 1.29 is 13.6 Å².